The van der Waals surface area contributed by atoms with Gasteiger partial charge in [0, 0.05) is 23.8 Å². The summed E-state index contributed by atoms with van der Waals surface area (Å²) < 4.78 is 0.724. The fourth-order valence-corrected chi connectivity index (χ4v) is 2.25. The number of para-hydroxylation sites is 1. The van der Waals surface area contributed by atoms with Crippen molar-refractivity contribution in [3.63, 3.8) is 0 Å². The summed E-state index contributed by atoms with van der Waals surface area (Å²) in [5.41, 5.74) is 7.65. The number of hydrogen-bond acceptors (Lipinski definition) is 3. The standard InChI is InChI=1S/C15H15BrN2O2/c1-18(9-10-4-2-3-5-13(10)17)15(20)12-7-6-11(16)8-14(12)19/h2-8,19H,9,17H2,1H3. The number of anilines is 1. The number of phenolic OH excluding ortho intramolecular Hbond substituents is 1. The molecular weight excluding hydrogens is 320 g/mol. The van der Waals surface area contributed by atoms with E-state index in [0.29, 0.717) is 12.2 Å². The number of amides is 1. The second-order valence-electron chi connectivity index (χ2n) is 4.52. The van der Waals surface area contributed by atoms with Crippen LogP contribution in [-0.2, 0) is 6.54 Å². The minimum Gasteiger partial charge on any atom is -0.507 e. The molecule has 0 atom stereocenters. The van der Waals surface area contributed by atoms with Gasteiger partial charge >= 0.3 is 0 Å². The van der Waals surface area contributed by atoms with Gasteiger partial charge in [0.25, 0.3) is 5.91 Å². The summed E-state index contributed by atoms with van der Waals surface area (Å²) in [4.78, 5) is 13.8. The molecule has 2 aromatic rings. The number of rotatable bonds is 3. The normalized spacial score (nSPS) is 10.3. The van der Waals surface area contributed by atoms with Gasteiger partial charge in [-0.2, -0.15) is 0 Å². The summed E-state index contributed by atoms with van der Waals surface area (Å²) in [6, 6.07) is 12.2. The molecule has 0 aromatic heterocycles. The molecule has 0 bridgehead atoms. The molecule has 0 radical (unpaired) electrons. The van der Waals surface area contributed by atoms with Crippen molar-refractivity contribution < 1.29 is 9.90 Å². The molecule has 2 rings (SSSR count). The van der Waals surface area contributed by atoms with E-state index in [1.54, 1.807) is 25.2 Å². The van der Waals surface area contributed by atoms with Gasteiger partial charge in [0.2, 0.25) is 0 Å². The quantitative estimate of drug-likeness (QED) is 0.848. The second kappa shape index (κ2) is 5.96. The van der Waals surface area contributed by atoms with Crippen molar-refractivity contribution in [1.82, 2.24) is 4.90 Å². The molecule has 3 N–H and O–H groups in total. The Balaban J connectivity index is 2.19. The number of aromatic hydroxyl groups is 1. The van der Waals surface area contributed by atoms with Crippen LogP contribution in [0.4, 0.5) is 5.69 Å². The van der Waals surface area contributed by atoms with E-state index in [0.717, 1.165) is 10.0 Å². The van der Waals surface area contributed by atoms with E-state index in [4.69, 9.17) is 5.73 Å². The molecule has 2 aromatic carbocycles. The van der Waals surface area contributed by atoms with Crippen LogP contribution in [0.1, 0.15) is 15.9 Å². The fourth-order valence-electron chi connectivity index (χ4n) is 1.90. The van der Waals surface area contributed by atoms with Crippen molar-refractivity contribution in [3.8, 4) is 5.75 Å². The van der Waals surface area contributed by atoms with E-state index >= 15 is 0 Å². The van der Waals surface area contributed by atoms with E-state index in [2.05, 4.69) is 15.9 Å². The first-order valence-corrected chi connectivity index (χ1v) is 6.85. The van der Waals surface area contributed by atoms with Crippen LogP contribution in [0.5, 0.6) is 5.75 Å². The van der Waals surface area contributed by atoms with Gasteiger partial charge in [0.15, 0.2) is 0 Å². The van der Waals surface area contributed by atoms with Crippen molar-refractivity contribution >= 4 is 27.5 Å². The minimum absolute atomic E-state index is 0.0442. The highest BCUT2D eigenvalue weighted by Crippen LogP contribution is 2.24. The fraction of sp³-hybridized carbons (Fsp3) is 0.133. The summed E-state index contributed by atoms with van der Waals surface area (Å²) >= 11 is 3.24. The maximum Gasteiger partial charge on any atom is 0.257 e. The van der Waals surface area contributed by atoms with Crippen molar-refractivity contribution in [1.29, 1.82) is 0 Å². The Bertz CT molecular complexity index is 644. The third kappa shape index (κ3) is 3.11. The number of carbonyl (C=O) groups excluding carboxylic acids is 1. The van der Waals surface area contributed by atoms with Crippen molar-refractivity contribution in [2.45, 2.75) is 6.54 Å². The number of nitrogens with two attached hydrogens (primary N) is 1. The first kappa shape index (κ1) is 14.4. The number of nitrogens with zero attached hydrogens (tertiary/aromatic N) is 1. The number of nitrogen functional groups attached to an aromatic ring is 1. The van der Waals surface area contributed by atoms with Crippen LogP contribution in [0.15, 0.2) is 46.9 Å². The highest BCUT2D eigenvalue weighted by molar-refractivity contribution is 9.10. The summed E-state index contributed by atoms with van der Waals surface area (Å²) in [6.45, 7) is 0.390. The third-order valence-corrected chi connectivity index (χ3v) is 3.49. The molecule has 4 nitrogen and oxygen atoms in total. The highest BCUT2D eigenvalue weighted by atomic mass is 79.9. The molecule has 0 aliphatic rings. The molecular formula is C15H15BrN2O2. The largest absolute Gasteiger partial charge is 0.507 e. The molecule has 0 unspecified atom stereocenters. The molecule has 0 saturated heterocycles. The maximum absolute atomic E-state index is 12.3. The van der Waals surface area contributed by atoms with Gasteiger partial charge in [-0.25, -0.2) is 0 Å². The van der Waals surface area contributed by atoms with Crippen LogP contribution in [0.3, 0.4) is 0 Å². The molecule has 5 heteroatoms. The average Bonchev–Trinajstić information content (AvgIpc) is 2.40. The first-order chi connectivity index (χ1) is 9.49. The number of carbonyl (C=O) groups is 1. The van der Waals surface area contributed by atoms with Crippen molar-refractivity contribution in [2.24, 2.45) is 0 Å². The van der Waals surface area contributed by atoms with E-state index < -0.39 is 0 Å². The summed E-state index contributed by atoms with van der Waals surface area (Å²) in [5.74, 6) is -0.296. The summed E-state index contributed by atoms with van der Waals surface area (Å²) in [6.07, 6.45) is 0. The lowest BCUT2D eigenvalue weighted by molar-refractivity contribution is 0.0782. The number of benzene rings is 2. The molecule has 104 valence electrons. The molecule has 1 amide bonds. The Kier molecular flexibility index (Phi) is 4.29. The zero-order valence-electron chi connectivity index (χ0n) is 11.0. The van der Waals surface area contributed by atoms with E-state index in [-0.39, 0.29) is 17.2 Å². The van der Waals surface area contributed by atoms with Crippen LogP contribution in [0.2, 0.25) is 0 Å². The molecule has 0 heterocycles. The summed E-state index contributed by atoms with van der Waals surface area (Å²) in [7, 11) is 1.68. The summed E-state index contributed by atoms with van der Waals surface area (Å²) in [5, 5.41) is 9.83. The molecule has 0 fully saturated rings. The zero-order valence-corrected chi connectivity index (χ0v) is 12.6. The van der Waals surface area contributed by atoms with Gasteiger partial charge in [-0.3, -0.25) is 4.79 Å². The molecule has 0 aliphatic heterocycles. The van der Waals surface area contributed by atoms with Gasteiger partial charge in [0.1, 0.15) is 5.75 Å². The van der Waals surface area contributed by atoms with Gasteiger partial charge in [-0.15, -0.1) is 0 Å². The van der Waals surface area contributed by atoms with Crippen LogP contribution in [0, 0.1) is 0 Å². The number of phenols is 1. The molecule has 0 saturated carbocycles. The van der Waals surface area contributed by atoms with Crippen molar-refractivity contribution in [2.75, 3.05) is 12.8 Å². The predicted molar refractivity (Wildman–Crippen MR) is 82.5 cm³/mol. The van der Waals surface area contributed by atoms with Gasteiger partial charge in [-0.1, -0.05) is 34.1 Å². The molecule has 20 heavy (non-hydrogen) atoms. The molecule has 0 spiro atoms. The Hall–Kier alpha value is -2.01. The Labute approximate surface area is 126 Å². The smallest absolute Gasteiger partial charge is 0.257 e. The zero-order chi connectivity index (χ0) is 14.7. The minimum atomic E-state index is -0.252. The average molecular weight is 335 g/mol. The van der Waals surface area contributed by atoms with E-state index in [1.165, 1.54) is 11.0 Å². The topological polar surface area (TPSA) is 66.6 Å². The predicted octanol–water partition coefficient (Wildman–Crippen LogP) is 3.01. The van der Waals surface area contributed by atoms with Gasteiger partial charge < -0.3 is 15.7 Å². The second-order valence-corrected chi connectivity index (χ2v) is 5.44. The highest BCUT2D eigenvalue weighted by Gasteiger charge is 2.16. The van der Waals surface area contributed by atoms with Crippen molar-refractivity contribution in [3.05, 3.63) is 58.1 Å². The molecule has 0 aliphatic carbocycles. The Morgan fingerprint density at radius 2 is 2.00 bits per heavy atom. The Morgan fingerprint density at radius 3 is 2.65 bits per heavy atom. The lowest BCUT2D eigenvalue weighted by atomic mass is 10.1. The maximum atomic E-state index is 12.3. The van der Waals surface area contributed by atoms with Crippen LogP contribution in [-0.4, -0.2) is 23.0 Å². The van der Waals surface area contributed by atoms with Crippen LogP contribution >= 0.6 is 15.9 Å². The SMILES string of the molecule is CN(Cc1ccccc1N)C(=O)c1ccc(Br)cc1O. The van der Waals surface area contributed by atoms with E-state index in [9.17, 15) is 9.90 Å². The third-order valence-electron chi connectivity index (χ3n) is 3.00. The number of halogens is 1. The lowest BCUT2D eigenvalue weighted by Crippen LogP contribution is -2.26. The Morgan fingerprint density at radius 1 is 1.30 bits per heavy atom. The van der Waals surface area contributed by atoms with Crippen LogP contribution < -0.4 is 5.73 Å². The van der Waals surface area contributed by atoms with Crippen LogP contribution in [0.25, 0.3) is 0 Å². The monoisotopic (exact) mass is 334 g/mol. The van der Waals surface area contributed by atoms with Gasteiger partial charge in [-0.05, 0) is 29.8 Å². The van der Waals surface area contributed by atoms with E-state index in [1.807, 2.05) is 18.2 Å². The van der Waals surface area contributed by atoms with Gasteiger partial charge in [0.05, 0.1) is 5.56 Å². The first-order valence-electron chi connectivity index (χ1n) is 6.06. The lowest BCUT2D eigenvalue weighted by Gasteiger charge is -2.19. The number of hydrogen-bond donors (Lipinski definition) is 2.